The molecule has 0 N–H and O–H groups in total. The summed E-state index contributed by atoms with van der Waals surface area (Å²) in [5, 5.41) is 0. The zero-order valence-electron chi connectivity index (χ0n) is 12.2. The molecule has 0 heterocycles. The molecule has 0 nitrogen and oxygen atoms in total. The van der Waals surface area contributed by atoms with Gasteiger partial charge in [0.2, 0.25) is 0 Å². The Morgan fingerprint density at radius 2 is 1.18 bits per heavy atom. The number of hydrogen-bond acceptors (Lipinski definition) is 0. The number of benzene rings is 1. The van der Waals surface area contributed by atoms with Crippen molar-refractivity contribution in [2.24, 2.45) is 0 Å². The third kappa shape index (κ3) is 3.84. The first-order valence-corrected chi connectivity index (χ1v) is 7.23. The van der Waals surface area contributed by atoms with Gasteiger partial charge in [-0.15, -0.1) is 0 Å². The Bertz CT molecular complexity index is 357. The van der Waals surface area contributed by atoms with Gasteiger partial charge in [0.05, 0.1) is 0 Å². The Morgan fingerprint density at radius 1 is 0.824 bits per heavy atom. The second kappa shape index (κ2) is 4.76. The van der Waals surface area contributed by atoms with Crippen molar-refractivity contribution in [3.05, 3.63) is 34.9 Å². The topological polar surface area (TPSA) is 0 Å². The van der Waals surface area contributed by atoms with E-state index in [9.17, 15) is 0 Å². The molecule has 0 saturated heterocycles. The van der Waals surface area contributed by atoms with Crippen LogP contribution < -0.4 is 0 Å². The first-order valence-electron chi connectivity index (χ1n) is 6.32. The summed E-state index contributed by atoms with van der Waals surface area (Å²) in [5.41, 5.74) is 4.63. The van der Waals surface area contributed by atoms with Crippen LogP contribution >= 0.6 is 15.9 Å². The van der Waals surface area contributed by atoms with Crippen molar-refractivity contribution in [3.8, 4) is 0 Å². The van der Waals surface area contributed by atoms with E-state index in [1.807, 2.05) is 0 Å². The number of alkyl halides is 1. The molecule has 0 aliphatic carbocycles. The van der Waals surface area contributed by atoms with E-state index in [1.54, 1.807) is 0 Å². The smallest absolute Gasteiger partial charge is 0.0367 e. The standard InChI is InChI=1S/C16H25Br/c1-11(17)12-8-13(15(2,3)4)10-14(9-12)16(5,6)7/h8-11H,1-7H3. The number of hydrogen-bond donors (Lipinski definition) is 0. The van der Waals surface area contributed by atoms with Crippen molar-refractivity contribution in [1.29, 1.82) is 0 Å². The van der Waals surface area contributed by atoms with E-state index in [1.165, 1.54) is 16.7 Å². The normalized spacial score (nSPS) is 14.8. The van der Waals surface area contributed by atoms with Crippen molar-refractivity contribution in [2.75, 3.05) is 0 Å². The molecule has 0 aliphatic heterocycles. The highest BCUT2D eigenvalue weighted by Crippen LogP contribution is 2.33. The minimum absolute atomic E-state index is 0.206. The molecular weight excluding hydrogens is 272 g/mol. The van der Waals surface area contributed by atoms with Gasteiger partial charge in [-0.2, -0.15) is 0 Å². The maximum absolute atomic E-state index is 3.68. The monoisotopic (exact) mass is 296 g/mol. The molecule has 1 rings (SSSR count). The van der Waals surface area contributed by atoms with Gasteiger partial charge in [0.1, 0.15) is 0 Å². The highest BCUT2D eigenvalue weighted by atomic mass is 79.9. The average molecular weight is 297 g/mol. The zero-order chi connectivity index (χ0) is 13.4. The fourth-order valence-electron chi connectivity index (χ4n) is 1.75. The SMILES string of the molecule is CC(Br)c1cc(C(C)(C)C)cc(C(C)(C)C)c1. The van der Waals surface area contributed by atoms with Crippen LogP contribution in [0.5, 0.6) is 0 Å². The molecule has 1 unspecified atom stereocenters. The fraction of sp³-hybridized carbons (Fsp3) is 0.625. The lowest BCUT2D eigenvalue weighted by molar-refractivity contribution is 0.567. The van der Waals surface area contributed by atoms with Crippen LogP contribution in [0.4, 0.5) is 0 Å². The molecule has 0 radical (unpaired) electrons. The van der Waals surface area contributed by atoms with Crippen molar-refractivity contribution in [3.63, 3.8) is 0 Å². The Kier molecular flexibility index (Phi) is 4.13. The molecule has 96 valence electrons. The fourth-order valence-corrected chi connectivity index (χ4v) is 2.01. The van der Waals surface area contributed by atoms with Crippen LogP contribution in [-0.2, 0) is 10.8 Å². The van der Waals surface area contributed by atoms with Gasteiger partial charge < -0.3 is 0 Å². The van der Waals surface area contributed by atoms with Gasteiger partial charge in [-0.25, -0.2) is 0 Å². The van der Waals surface area contributed by atoms with Crippen molar-refractivity contribution in [2.45, 2.75) is 64.1 Å². The van der Waals surface area contributed by atoms with Crippen LogP contribution in [0.25, 0.3) is 0 Å². The van der Waals surface area contributed by atoms with E-state index in [0.29, 0.717) is 4.83 Å². The molecule has 1 atom stereocenters. The maximum atomic E-state index is 3.68. The second-order valence-corrected chi connectivity index (χ2v) is 8.33. The molecule has 0 saturated carbocycles. The maximum Gasteiger partial charge on any atom is 0.0367 e. The quantitative estimate of drug-likeness (QED) is 0.580. The Hall–Kier alpha value is -0.300. The highest BCUT2D eigenvalue weighted by Gasteiger charge is 2.21. The Labute approximate surface area is 115 Å². The summed E-state index contributed by atoms with van der Waals surface area (Å²) in [6.45, 7) is 15.8. The lowest BCUT2D eigenvalue weighted by atomic mass is 9.79. The van der Waals surface area contributed by atoms with E-state index in [4.69, 9.17) is 0 Å². The van der Waals surface area contributed by atoms with Gasteiger partial charge >= 0.3 is 0 Å². The zero-order valence-corrected chi connectivity index (χ0v) is 13.8. The minimum atomic E-state index is 0.206. The van der Waals surface area contributed by atoms with Gasteiger partial charge in [-0.05, 0) is 34.4 Å². The molecule has 0 amide bonds. The van der Waals surface area contributed by atoms with E-state index < -0.39 is 0 Å². The van der Waals surface area contributed by atoms with Gasteiger partial charge in [-0.1, -0.05) is 75.7 Å². The molecule has 0 aliphatic rings. The summed E-state index contributed by atoms with van der Waals surface area (Å²) < 4.78 is 0. The first-order chi connectivity index (χ1) is 7.51. The number of rotatable bonds is 1. The summed E-state index contributed by atoms with van der Waals surface area (Å²) in [4.78, 5) is 0.408. The van der Waals surface area contributed by atoms with Crippen molar-refractivity contribution in [1.82, 2.24) is 0 Å². The van der Waals surface area contributed by atoms with Crippen LogP contribution in [-0.4, -0.2) is 0 Å². The summed E-state index contributed by atoms with van der Waals surface area (Å²) in [7, 11) is 0. The van der Waals surface area contributed by atoms with Crippen LogP contribution in [0.2, 0.25) is 0 Å². The lowest BCUT2D eigenvalue weighted by Gasteiger charge is -2.26. The van der Waals surface area contributed by atoms with Crippen LogP contribution in [0, 0.1) is 0 Å². The molecule has 17 heavy (non-hydrogen) atoms. The van der Waals surface area contributed by atoms with Crippen molar-refractivity contribution < 1.29 is 0 Å². The number of halogens is 1. The summed E-state index contributed by atoms with van der Waals surface area (Å²) in [6, 6.07) is 7.02. The van der Waals surface area contributed by atoms with Crippen LogP contribution in [0.15, 0.2) is 18.2 Å². The van der Waals surface area contributed by atoms with E-state index in [-0.39, 0.29) is 10.8 Å². The van der Waals surface area contributed by atoms with Gasteiger partial charge in [0, 0.05) is 4.83 Å². The third-order valence-corrected chi connectivity index (χ3v) is 3.68. The summed E-state index contributed by atoms with van der Waals surface area (Å²) in [6.07, 6.45) is 0. The second-order valence-electron chi connectivity index (χ2n) is 6.96. The minimum Gasteiger partial charge on any atom is -0.0842 e. The third-order valence-electron chi connectivity index (χ3n) is 3.15. The van der Waals surface area contributed by atoms with Gasteiger partial charge in [-0.3, -0.25) is 0 Å². The van der Waals surface area contributed by atoms with E-state index in [0.717, 1.165) is 0 Å². The van der Waals surface area contributed by atoms with Crippen molar-refractivity contribution >= 4 is 15.9 Å². The van der Waals surface area contributed by atoms with E-state index in [2.05, 4.69) is 82.6 Å². The largest absolute Gasteiger partial charge is 0.0842 e. The molecule has 0 fully saturated rings. The molecular formula is C16H25Br. The lowest BCUT2D eigenvalue weighted by Crippen LogP contribution is -2.17. The van der Waals surface area contributed by atoms with Gasteiger partial charge in [0.25, 0.3) is 0 Å². The molecule has 1 aromatic rings. The molecule has 0 bridgehead atoms. The average Bonchev–Trinajstić information content (AvgIpc) is 2.14. The predicted molar refractivity (Wildman–Crippen MR) is 81.2 cm³/mol. The summed E-state index contributed by atoms with van der Waals surface area (Å²) in [5.74, 6) is 0. The highest BCUT2D eigenvalue weighted by molar-refractivity contribution is 9.09. The molecule has 0 spiro atoms. The van der Waals surface area contributed by atoms with Crippen LogP contribution in [0.3, 0.4) is 0 Å². The Balaban J connectivity index is 3.40. The molecule has 1 aromatic carbocycles. The van der Waals surface area contributed by atoms with Crippen LogP contribution in [0.1, 0.15) is 70.0 Å². The first kappa shape index (κ1) is 14.8. The molecule has 1 heteroatoms. The van der Waals surface area contributed by atoms with E-state index >= 15 is 0 Å². The summed E-state index contributed by atoms with van der Waals surface area (Å²) >= 11 is 3.68. The van der Waals surface area contributed by atoms with Gasteiger partial charge in [0.15, 0.2) is 0 Å². The predicted octanol–water partition coefficient (Wildman–Crippen LogP) is 5.74. The molecule has 0 aromatic heterocycles. The Morgan fingerprint density at radius 3 is 1.41 bits per heavy atom.